The molecule has 7 heteroatoms. The Morgan fingerprint density at radius 3 is 2.65 bits per heavy atom. The summed E-state index contributed by atoms with van der Waals surface area (Å²) in [6.07, 6.45) is 5.90. The van der Waals surface area contributed by atoms with Crippen molar-refractivity contribution >= 4 is 37.2 Å². The predicted octanol–water partition coefficient (Wildman–Crippen LogP) is 2.66. The molecular weight excluding hydrogens is 368 g/mol. The summed E-state index contributed by atoms with van der Waals surface area (Å²) in [4.78, 5) is 16.4. The largest absolute Gasteiger partial charge is 0.346 e. The lowest BCUT2D eigenvalue weighted by Gasteiger charge is -2.52. The number of hydrogen-bond acceptors (Lipinski definition) is 5. The molecule has 1 saturated carbocycles. The van der Waals surface area contributed by atoms with Gasteiger partial charge in [0.05, 0.1) is 20.5 Å². The number of sulfone groups is 1. The van der Waals surface area contributed by atoms with Gasteiger partial charge in [0.15, 0.2) is 9.84 Å². The first-order valence-corrected chi connectivity index (χ1v) is 11.9. The van der Waals surface area contributed by atoms with E-state index in [0.717, 1.165) is 31.3 Å². The summed E-state index contributed by atoms with van der Waals surface area (Å²) in [6.45, 7) is 2.33. The number of fused-ring (bicyclic) bond motifs is 3. The SMILES string of the molecule is CS(=O)(=O)c1cccc2cc(C(=O)N[C@@H]3C4CCN(CC4)C34CC4)sc12. The smallest absolute Gasteiger partial charge is 0.261 e. The Labute approximate surface area is 157 Å². The first-order valence-electron chi connectivity index (χ1n) is 9.17. The molecule has 6 rings (SSSR count). The number of amides is 1. The molecule has 1 aromatic heterocycles. The highest BCUT2D eigenvalue weighted by molar-refractivity contribution is 7.91. The van der Waals surface area contributed by atoms with Crippen molar-refractivity contribution in [1.29, 1.82) is 0 Å². The fourth-order valence-electron chi connectivity index (χ4n) is 4.97. The molecule has 1 spiro atoms. The molecule has 1 aliphatic carbocycles. The van der Waals surface area contributed by atoms with E-state index in [0.29, 0.717) is 20.4 Å². The summed E-state index contributed by atoms with van der Waals surface area (Å²) in [6, 6.07) is 7.28. The van der Waals surface area contributed by atoms with E-state index < -0.39 is 9.84 Å². The van der Waals surface area contributed by atoms with Crippen molar-refractivity contribution in [3.63, 3.8) is 0 Å². The van der Waals surface area contributed by atoms with Crippen LogP contribution in [0, 0.1) is 5.92 Å². The average molecular weight is 391 g/mol. The fraction of sp³-hybridized carbons (Fsp3) is 0.526. The Morgan fingerprint density at radius 2 is 2.00 bits per heavy atom. The molecule has 4 heterocycles. The van der Waals surface area contributed by atoms with Crippen LogP contribution in [0.4, 0.5) is 0 Å². The monoisotopic (exact) mass is 390 g/mol. The van der Waals surface area contributed by atoms with Gasteiger partial charge >= 0.3 is 0 Å². The topological polar surface area (TPSA) is 66.5 Å². The van der Waals surface area contributed by atoms with E-state index in [2.05, 4.69) is 10.2 Å². The molecule has 0 unspecified atom stereocenters. The van der Waals surface area contributed by atoms with Gasteiger partial charge in [0, 0.05) is 11.8 Å². The van der Waals surface area contributed by atoms with Crippen molar-refractivity contribution in [2.75, 3.05) is 19.3 Å². The van der Waals surface area contributed by atoms with E-state index in [9.17, 15) is 13.2 Å². The Balaban J connectivity index is 1.46. The third kappa shape index (κ3) is 2.44. The molecule has 3 aliphatic heterocycles. The zero-order chi connectivity index (χ0) is 18.1. The molecule has 0 radical (unpaired) electrons. The van der Waals surface area contributed by atoms with Crippen LogP contribution in [-0.2, 0) is 9.84 Å². The van der Waals surface area contributed by atoms with Gasteiger partial charge in [0.2, 0.25) is 0 Å². The molecule has 1 atom stereocenters. The van der Waals surface area contributed by atoms with Crippen molar-refractivity contribution < 1.29 is 13.2 Å². The maximum Gasteiger partial charge on any atom is 0.261 e. The van der Waals surface area contributed by atoms with Gasteiger partial charge in [0.25, 0.3) is 5.91 Å². The van der Waals surface area contributed by atoms with Gasteiger partial charge in [-0.2, -0.15) is 0 Å². The number of hydrogen-bond donors (Lipinski definition) is 1. The highest BCUT2D eigenvalue weighted by Crippen LogP contribution is 2.53. The van der Waals surface area contributed by atoms with Gasteiger partial charge in [-0.15, -0.1) is 11.3 Å². The van der Waals surface area contributed by atoms with Crippen molar-refractivity contribution in [1.82, 2.24) is 10.2 Å². The molecule has 2 aromatic rings. The summed E-state index contributed by atoms with van der Waals surface area (Å²) >= 11 is 1.28. The normalized spacial score (nSPS) is 29.2. The van der Waals surface area contributed by atoms with E-state index >= 15 is 0 Å². The predicted molar refractivity (Wildman–Crippen MR) is 102 cm³/mol. The van der Waals surface area contributed by atoms with Crippen LogP contribution in [-0.4, -0.2) is 50.2 Å². The number of nitrogens with zero attached hydrogens (tertiary/aromatic N) is 1. The Hall–Kier alpha value is -1.44. The lowest BCUT2D eigenvalue weighted by atomic mass is 9.77. The van der Waals surface area contributed by atoms with Crippen molar-refractivity contribution in [3.05, 3.63) is 29.1 Å². The summed E-state index contributed by atoms with van der Waals surface area (Å²) in [7, 11) is -3.31. The highest BCUT2D eigenvalue weighted by atomic mass is 32.2. The highest BCUT2D eigenvalue weighted by Gasteiger charge is 2.60. The Bertz CT molecular complexity index is 999. The van der Waals surface area contributed by atoms with Crippen LogP contribution < -0.4 is 5.32 Å². The van der Waals surface area contributed by atoms with Crippen LogP contribution in [0.1, 0.15) is 35.4 Å². The number of carbonyl (C=O) groups excluding carboxylic acids is 1. The molecule has 138 valence electrons. The average Bonchev–Trinajstić information content (AvgIpc) is 3.26. The maximum atomic E-state index is 13.0. The second-order valence-corrected chi connectivity index (χ2v) is 11.0. The first kappa shape index (κ1) is 16.7. The lowest BCUT2D eigenvalue weighted by Crippen LogP contribution is -2.65. The van der Waals surface area contributed by atoms with Crippen LogP contribution in [0.5, 0.6) is 0 Å². The second-order valence-electron chi connectivity index (χ2n) is 7.94. The zero-order valence-corrected chi connectivity index (χ0v) is 16.3. The quantitative estimate of drug-likeness (QED) is 0.875. The van der Waals surface area contributed by atoms with Crippen molar-refractivity contribution in [3.8, 4) is 0 Å². The van der Waals surface area contributed by atoms with E-state index in [4.69, 9.17) is 0 Å². The van der Waals surface area contributed by atoms with Gasteiger partial charge in [-0.3, -0.25) is 9.69 Å². The minimum atomic E-state index is -3.31. The van der Waals surface area contributed by atoms with Gasteiger partial charge in [-0.25, -0.2) is 8.42 Å². The van der Waals surface area contributed by atoms with Crippen LogP contribution >= 0.6 is 11.3 Å². The molecule has 3 saturated heterocycles. The number of rotatable bonds is 3. The van der Waals surface area contributed by atoms with Crippen LogP contribution in [0.25, 0.3) is 10.1 Å². The van der Waals surface area contributed by atoms with E-state index in [1.165, 1.54) is 30.4 Å². The minimum Gasteiger partial charge on any atom is -0.346 e. The molecule has 1 N–H and O–H groups in total. The third-order valence-electron chi connectivity index (χ3n) is 6.40. The molecule has 26 heavy (non-hydrogen) atoms. The van der Waals surface area contributed by atoms with E-state index in [1.54, 1.807) is 12.1 Å². The first-order chi connectivity index (χ1) is 12.4. The number of carbonyl (C=O) groups is 1. The molecular formula is C19H22N2O3S2. The standard InChI is InChI=1S/C19H22N2O3S2/c1-26(23,24)15-4-2-3-13-11-14(25-16(13)15)18(22)20-17-12-5-9-21(10-6-12)19(17)7-8-19/h2-4,11-12,17H,5-10H2,1H3,(H,20,22)/t17-/m1/s1. The van der Waals surface area contributed by atoms with Crippen LogP contribution in [0.15, 0.2) is 29.2 Å². The Morgan fingerprint density at radius 1 is 1.27 bits per heavy atom. The molecule has 1 aromatic carbocycles. The van der Waals surface area contributed by atoms with Crippen LogP contribution in [0.3, 0.4) is 0 Å². The maximum absolute atomic E-state index is 13.0. The molecule has 5 nitrogen and oxygen atoms in total. The molecule has 1 amide bonds. The van der Waals surface area contributed by atoms with E-state index in [1.807, 2.05) is 12.1 Å². The molecule has 4 fully saturated rings. The number of benzene rings is 1. The Kier molecular flexibility index (Phi) is 3.56. The number of nitrogens with one attached hydrogen (secondary N) is 1. The summed E-state index contributed by atoms with van der Waals surface area (Å²) < 4.78 is 24.7. The van der Waals surface area contributed by atoms with Gasteiger partial charge < -0.3 is 5.32 Å². The van der Waals surface area contributed by atoms with Crippen LogP contribution in [0.2, 0.25) is 0 Å². The van der Waals surface area contributed by atoms with Gasteiger partial charge in [-0.1, -0.05) is 12.1 Å². The van der Waals surface area contributed by atoms with Crippen molar-refractivity contribution in [2.45, 2.75) is 42.2 Å². The number of piperidine rings is 3. The van der Waals surface area contributed by atoms with E-state index in [-0.39, 0.29) is 17.5 Å². The lowest BCUT2D eigenvalue weighted by molar-refractivity contribution is -0.00138. The van der Waals surface area contributed by atoms with Gasteiger partial charge in [-0.05, 0) is 62.2 Å². The third-order valence-corrected chi connectivity index (χ3v) is 8.85. The fourth-order valence-corrected chi connectivity index (χ4v) is 7.30. The van der Waals surface area contributed by atoms with Crippen molar-refractivity contribution in [2.24, 2.45) is 5.92 Å². The van der Waals surface area contributed by atoms with Gasteiger partial charge in [0.1, 0.15) is 0 Å². The summed E-state index contributed by atoms with van der Waals surface area (Å²) in [5.74, 6) is 0.517. The number of thiophene rings is 1. The molecule has 4 aliphatic rings. The minimum absolute atomic E-state index is 0.0596. The second kappa shape index (κ2) is 5.53. The molecule has 2 bridgehead atoms. The summed E-state index contributed by atoms with van der Waals surface area (Å²) in [5, 5.41) is 4.14. The summed E-state index contributed by atoms with van der Waals surface area (Å²) in [5.41, 5.74) is 0.200. The zero-order valence-electron chi connectivity index (χ0n) is 14.7.